The second-order valence-corrected chi connectivity index (χ2v) is 5.97. The van der Waals surface area contributed by atoms with Crippen LogP contribution in [0, 0.1) is 0 Å². The Morgan fingerprint density at radius 2 is 2.00 bits per heavy atom. The number of hydrogen-bond donors (Lipinski definition) is 1. The highest BCUT2D eigenvalue weighted by Crippen LogP contribution is 2.35. The zero-order valence-corrected chi connectivity index (χ0v) is 12.9. The molecule has 3 nitrogen and oxygen atoms in total. The molecule has 116 valence electrons. The smallest absolute Gasteiger partial charge is 0.120 e. The van der Waals surface area contributed by atoms with E-state index in [-0.39, 0.29) is 6.10 Å². The molecule has 3 heteroatoms. The third-order valence-corrected chi connectivity index (χ3v) is 4.16. The van der Waals surface area contributed by atoms with E-state index in [1.807, 2.05) is 61.5 Å². The van der Waals surface area contributed by atoms with E-state index in [1.54, 1.807) is 0 Å². The van der Waals surface area contributed by atoms with Gasteiger partial charge in [0, 0.05) is 12.8 Å². The van der Waals surface area contributed by atoms with Gasteiger partial charge in [0.05, 0.1) is 18.3 Å². The van der Waals surface area contributed by atoms with Gasteiger partial charge in [0.2, 0.25) is 0 Å². The van der Waals surface area contributed by atoms with Crippen LogP contribution in [0.15, 0.2) is 54.6 Å². The third kappa shape index (κ3) is 3.49. The van der Waals surface area contributed by atoms with Crippen molar-refractivity contribution in [3.63, 3.8) is 0 Å². The van der Waals surface area contributed by atoms with Crippen molar-refractivity contribution in [3.05, 3.63) is 65.7 Å². The molecule has 0 aromatic heterocycles. The van der Waals surface area contributed by atoms with Crippen molar-refractivity contribution in [2.45, 2.75) is 38.1 Å². The van der Waals surface area contributed by atoms with Crippen molar-refractivity contribution in [1.82, 2.24) is 0 Å². The summed E-state index contributed by atoms with van der Waals surface area (Å²) in [6, 6.07) is 17.9. The summed E-state index contributed by atoms with van der Waals surface area (Å²) in [5.41, 5.74) is 1.23. The molecule has 2 aromatic carbocycles. The Kier molecular flexibility index (Phi) is 4.46. The molecule has 0 bridgehead atoms. The molecule has 1 heterocycles. The van der Waals surface area contributed by atoms with E-state index in [2.05, 4.69) is 0 Å². The lowest BCUT2D eigenvalue weighted by Crippen LogP contribution is -2.37. The zero-order valence-electron chi connectivity index (χ0n) is 12.9. The van der Waals surface area contributed by atoms with Crippen molar-refractivity contribution in [1.29, 1.82) is 0 Å². The van der Waals surface area contributed by atoms with Crippen LogP contribution in [0.25, 0.3) is 0 Å². The van der Waals surface area contributed by atoms with Gasteiger partial charge in [-0.1, -0.05) is 42.5 Å². The van der Waals surface area contributed by atoms with Crippen LogP contribution in [0.4, 0.5) is 0 Å². The quantitative estimate of drug-likeness (QED) is 0.936. The number of rotatable bonds is 4. The second kappa shape index (κ2) is 6.51. The molecule has 2 unspecified atom stereocenters. The largest absolute Gasteiger partial charge is 0.489 e. The van der Waals surface area contributed by atoms with Crippen molar-refractivity contribution < 1.29 is 14.6 Å². The number of benzene rings is 2. The molecule has 0 aliphatic carbocycles. The first-order valence-electron chi connectivity index (χ1n) is 7.77. The summed E-state index contributed by atoms with van der Waals surface area (Å²) < 4.78 is 11.4. The first kappa shape index (κ1) is 15.1. The fourth-order valence-electron chi connectivity index (χ4n) is 2.94. The Bertz CT molecular complexity index is 611. The first-order valence-corrected chi connectivity index (χ1v) is 7.77. The van der Waals surface area contributed by atoms with Gasteiger partial charge in [0.15, 0.2) is 0 Å². The van der Waals surface area contributed by atoms with Crippen molar-refractivity contribution >= 4 is 0 Å². The molecule has 0 amide bonds. The SMILES string of the molecule is CC1CC(O)(c2cccc(OCc3ccccc3)c2)CCO1. The van der Waals surface area contributed by atoms with Gasteiger partial charge >= 0.3 is 0 Å². The minimum atomic E-state index is -0.816. The first-order chi connectivity index (χ1) is 10.7. The Balaban J connectivity index is 1.72. The van der Waals surface area contributed by atoms with E-state index in [0.29, 0.717) is 26.1 Å². The molecule has 3 rings (SSSR count). The van der Waals surface area contributed by atoms with E-state index >= 15 is 0 Å². The highest BCUT2D eigenvalue weighted by molar-refractivity contribution is 5.33. The van der Waals surface area contributed by atoms with Gasteiger partial charge in [-0.2, -0.15) is 0 Å². The zero-order chi connectivity index (χ0) is 15.4. The lowest BCUT2D eigenvalue weighted by Gasteiger charge is -2.36. The molecule has 0 radical (unpaired) electrons. The average Bonchev–Trinajstić information content (AvgIpc) is 2.54. The van der Waals surface area contributed by atoms with Crippen LogP contribution in [-0.2, 0) is 16.9 Å². The monoisotopic (exact) mass is 298 g/mol. The molecular weight excluding hydrogens is 276 g/mol. The van der Waals surface area contributed by atoms with Gasteiger partial charge in [-0.05, 0) is 30.2 Å². The highest BCUT2D eigenvalue weighted by Gasteiger charge is 2.35. The fourth-order valence-corrected chi connectivity index (χ4v) is 2.94. The molecule has 1 N–H and O–H groups in total. The molecular formula is C19H22O3. The second-order valence-electron chi connectivity index (χ2n) is 5.97. The molecule has 22 heavy (non-hydrogen) atoms. The number of hydrogen-bond acceptors (Lipinski definition) is 3. The highest BCUT2D eigenvalue weighted by atomic mass is 16.5. The van der Waals surface area contributed by atoms with Crippen LogP contribution in [-0.4, -0.2) is 17.8 Å². The minimum Gasteiger partial charge on any atom is -0.489 e. The molecule has 0 saturated carbocycles. The third-order valence-electron chi connectivity index (χ3n) is 4.16. The molecule has 1 aliphatic heterocycles. The Hall–Kier alpha value is -1.84. The number of ether oxygens (including phenoxy) is 2. The predicted octanol–water partition coefficient (Wildman–Crippen LogP) is 3.65. The summed E-state index contributed by atoms with van der Waals surface area (Å²) in [5.74, 6) is 0.786. The van der Waals surface area contributed by atoms with Gasteiger partial charge in [-0.25, -0.2) is 0 Å². The van der Waals surface area contributed by atoms with Crippen LogP contribution in [0.5, 0.6) is 5.75 Å². The Morgan fingerprint density at radius 3 is 2.77 bits per heavy atom. The normalized spacial score (nSPS) is 24.9. The van der Waals surface area contributed by atoms with Crippen LogP contribution in [0.2, 0.25) is 0 Å². The molecule has 1 fully saturated rings. The van der Waals surface area contributed by atoms with Crippen molar-refractivity contribution in [2.24, 2.45) is 0 Å². The maximum atomic E-state index is 10.9. The standard InChI is InChI=1S/C19H22O3/c1-15-13-19(20,10-11-21-15)17-8-5-9-18(12-17)22-14-16-6-3-2-4-7-16/h2-9,12,15,20H,10-11,13-14H2,1H3. The van der Waals surface area contributed by atoms with Crippen molar-refractivity contribution in [3.8, 4) is 5.75 Å². The van der Waals surface area contributed by atoms with Crippen LogP contribution < -0.4 is 4.74 Å². The molecule has 2 aromatic rings. The Morgan fingerprint density at radius 1 is 1.18 bits per heavy atom. The lowest BCUT2D eigenvalue weighted by molar-refractivity contribution is -0.101. The van der Waals surface area contributed by atoms with Crippen LogP contribution in [0.3, 0.4) is 0 Å². The predicted molar refractivity (Wildman–Crippen MR) is 85.8 cm³/mol. The van der Waals surface area contributed by atoms with Gasteiger partial charge in [0.1, 0.15) is 12.4 Å². The van der Waals surface area contributed by atoms with Crippen molar-refractivity contribution in [2.75, 3.05) is 6.61 Å². The van der Waals surface area contributed by atoms with Crippen LogP contribution in [0.1, 0.15) is 30.9 Å². The number of aliphatic hydroxyl groups is 1. The maximum absolute atomic E-state index is 10.9. The molecule has 0 spiro atoms. The summed E-state index contributed by atoms with van der Waals surface area (Å²) in [5, 5.41) is 10.9. The Labute approximate surface area is 131 Å². The molecule has 1 saturated heterocycles. The summed E-state index contributed by atoms with van der Waals surface area (Å²) >= 11 is 0. The van der Waals surface area contributed by atoms with E-state index in [9.17, 15) is 5.11 Å². The van der Waals surface area contributed by atoms with Gasteiger partial charge < -0.3 is 14.6 Å². The summed E-state index contributed by atoms with van der Waals surface area (Å²) in [4.78, 5) is 0. The van der Waals surface area contributed by atoms with E-state index in [0.717, 1.165) is 16.9 Å². The topological polar surface area (TPSA) is 38.7 Å². The van der Waals surface area contributed by atoms with E-state index in [1.165, 1.54) is 0 Å². The molecule has 1 aliphatic rings. The average molecular weight is 298 g/mol. The fraction of sp³-hybridized carbons (Fsp3) is 0.368. The lowest BCUT2D eigenvalue weighted by atomic mass is 9.84. The minimum absolute atomic E-state index is 0.0765. The van der Waals surface area contributed by atoms with E-state index in [4.69, 9.17) is 9.47 Å². The summed E-state index contributed by atoms with van der Waals surface area (Å²) in [6.45, 7) is 3.12. The molecule has 2 atom stereocenters. The maximum Gasteiger partial charge on any atom is 0.120 e. The summed E-state index contributed by atoms with van der Waals surface area (Å²) in [6.07, 6.45) is 1.32. The van der Waals surface area contributed by atoms with Crippen LogP contribution >= 0.6 is 0 Å². The van der Waals surface area contributed by atoms with Gasteiger partial charge in [-0.15, -0.1) is 0 Å². The van der Waals surface area contributed by atoms with Gasteiger partial charge in [0.25, 0.3) is 0 Å². The van der Waals surface area contributed by atoms with E-state index < -0.39 is 5.60 Å². The summed E-state index contributed by atoms with van der Waals surface area (Å²) in [7, 11) is 0. The van der Waals surface area contributed by atoms with Gasteiger partial charge in [-0.3, -0.25) is 0 Å².